The predicted molar refractivity (Wildman–Crippen MR) is 74.2 cm³/mol. The van der Waals surface area contributed by atoms with Crippen molar-refractivity contribution in [1.29, 1.82) is 0 Å². The monoisotopic (exact) mass is 258 g/mol. The normalized spacial score (nSPS) is 14.4. The van der Waals surface area contributed by atoms with Gasteiger partial charge in [0.2, 0.25) is 0 Å². The molecule has 1 aliphatic carbocycles. The predicted octanol–water partition coefficient (Wildman–Crippen LogP) is 2.59. The number of hydrogen-bond acceptors (Lipinski definition) is 5. The van der Waals surface area contributed by atoms with E-state index in [1.807, 2.05) is 32.2 Å². The molecule has 3 rings (SSSR count). The molecule has 0 bridgehead atoms. The van der Waals surface area contributed by atoms with Crippen molar-refractivity contribution in [1.82, 2.24) is 9.97 Å². The summed E-state index contributed by atoms with van der Waals surface area (Å²) in [4.78, 5) is 11.2. The first-order valence-corrected chi connectivity index (χ1v) is 6.59. The molecule has 1 N–H and O–H groups in total. The Hall–Kier alpha value is -2.04. The van der Waals surface area contributed by atoms with Gasteiger partial charge in [-0.3, -0.25) is 0 Å². The minimum atomic E-state index is 0.573. The molecular formula is C14H18N4O. The second kappa shape index (κ2) is 4.91. The molecule has 2 heterocycles. The summed E-state index contributed by atoms with van der Waals surface area (Å²) in [7, 11) is 1.87. The zero-order valence-electron chi connectivity index (χ0n) is 11.3. The van der Waals surface area contributed by atoms with Crippen molar-refractivity contribution in [3.05, 3.63) is 36.0 Å². The number of furan rings is 1. The van der Waals surface area contributed by atoms with Gasteiger partial charge in [0.05, 0.1) is 12.8 Å². The van der Waals surface area contributed by atoms with Crippen LogP contribution in [0.2, 0.25) is 0 Å². The van der Waals surface area contributed by atoms with E-state index in [1.165, 1.54) is 12.8 Å². The lowest BCUT2D eigenvalue weighted by Crippen LogP contribution is -2.26. The maximum Gasteiger partial charge on any atom is 0.135 e. The van der Waals surface area contributed by atoms with E-state index in [-0.39, 0.29) is 0 Å². The molecule has 5 heteroatoms. The zero-order chi connectivity index (χ0) is 13.2. The van der Waals surface area contributed by atoms with Gasteiger partial charge in [-0.15, -0.1) is 0 Å². The van der Waals surface area contributed by atoms with Crippen LogP contribution < -0.4 is 10.2 Å². The van der Waals surface area contributed by atoms with Gasteiger partial charge in [0, 0.05) is 19.2 Å². The average molecular weight is 258 g/mol. The summed E-state index contributed by atoms with van der Waals surface area (Å²) in [6, 6.07) is 6.49. The van der Waals surface area contributed by atoms with Crippen molar-refractivity contribution in [2.45, 2.75) is 32.4 Å². The Kier molecular flexibility index (Phi) is 3.11. The van der Waals surface area contributed by atoms with Crippen LogP contribution in [-0.4, -0.2) is 23.1 Å². The lowest BCUT2D eigenvalue weighted by atomic mass is 10.3. The van der Waals surface area contributed by atoms with E-state index in [4.69, 9.17) is 4.42 Å². The van der Waals surface area contributed by atoms with Gasteiger partial charge in [-0.25, -0.2) is 9.97 Å². The molecule has 0 aromatic carbocycles. The van der Waals surface area contributed by atoms with Gasteiger partial charge in [0.15, 0.2) is 0 Å². The van der Waals surface area contributed by atoms with Crippen molar-refractivity contribution in [3.8, 4) is 0 Å². The second-order valence-corrected chi connectivity index (χ2v) is 4.85. The molecule has 1 saturated carbocycles. The number of aryl methyl sites for hydroxylation is 1. The second-order valence-electron chi connectivity index (χ2n) is 4.85. The van der Waals surface area contributed by atoms with E-state index in [9.17, 15) is 0 Å². The summed E-state index contributed by atoms with van der Waals surface area (Å²) in [5.74, 6) is 3.57. The summed E-state index contributed by atoms with van der Waals surface area (Å²) in [6.45, 7) is 2.68. The minimum Gasteiger partial charge on any atom is -0.467 e. The highest BCUT2D eigenvalue weighted by atomic mass is 16.3. The number of nitrogens with zero attached hydrogens (tertiary/aromatic N) is 3. The van der Waals surface area contributed by atoms with E-state index in [0.29, 0.717) is 6.04 Å². The Morgan fingerprint density at radius 3 is 2.89 bits per heavy atom. The zero-order valence-corrected chi connectivity index (χ0v) is 11.3. The van der Waals surface area contributed by atoms with Crippen LogP contribution in [0.5, 0.6) is 0 Å². The van der Waals surface area contributed by atoms with Crippen LogP contribution in [0, 0.1) is 6.92 Å². The molecule has 0 atom stereocenters. The van der Waals surface area contributed by atoms with Gasteiger partial charge in [-0.1, -0.05) is 0 Å². The molecule has 0 spiro atoms. The summed E-state index contributed by atoms with van der Waals surface area (Å²) >= 11 is 0. The van der Waals surface area contributed by atoms with Crippen molar-refractivity contribution < 1.29 is 4.42 Å². The average Bonchev–Trinajstić information content (AvgIpc) is 3.12. The van der Waals surface area contributed by atoms with Gasteiger partial charge in [-0.05, 0) is 31.9 Å². The molecule has 2 aromatic rings. The minimum absolute atomic E-state index is 0.573. The molecule has 1 aliphatic rings. The Bertz CT molecular complexity index is 549. The highest BCUT2D eigenvalue weighted by Gasteiger charge is 2.31. The molecule has 0 radical (unpaired) electrons. The molecule has 0 amide bonds. The van der Waals surface area contributed by atoms with Crippen LogP contribution in [0.3, 0.4) is 0 Å². The number of rotatable bonds is 5. The summed E-state index contributed by atoms with van der Waals surface area (Å²) in [5.41, 5.74) is 0. The quantitative estimate of drug-likeness (QED) is 0.893. The van der Waals surface area contributed by atoms with E-state index >= 15 is 0 Å². The number of hydrogen-bond donors (Lipinski definition) is 1. The Morgan fingerprint density at radius 1 is 1.42 bits per heavy atom. The summed E-state index contributed by atoms with van der Waals surface area (Å²) in [6.07, 6.45) is 4.15. The summed E-state index contributed by atoms with van der Waals surface area (Å²) < 4.78 is 5.45. The smallest absolute Gasteiger partial charge is 0.135 e. The van der Waals surface area contributed by atoms with Crippen LogP contribution in [0.15, 0.2) is 28.9 Å². The van der Waals surface area contributed by atoms with Crippen LogP contribution >= 0.6 is 0 Å². The Balaban J connectivity index is 1.89. The fraction of sp³-hybridized carbons (Fsp3) is 0.429. The van der Waals surface area contributed by atoms with Crippen LogP contribution in [0.4, 0.5) is 11.6 Å². The third-order valence-corrected chi connectivity index (χ3v) is 3.27. The van der Waals surface area contributed by atoms with Crippen molar-refractivity contribution in [3.63, 3.8) is 0 Å². The largest absolute Gasteiger partial charge is 0.467 e. The maximum absolute atomic E-state index is 5.45. The van der Waals surface area contributed by atoms with Crippen molar-refractivity contribution in [2.24, 2.45) is 0 Å². The van der Waals surface area contributed by atoms with Crippen LogP contribution in [0.25, 0.3) is 0 Å². The van der Waals surface area contributed by atoms with Gasteiger partial charge in [-0.2, -0.15) is 0 Å². The Morgan fingerprint density at radius 2 is 2.26 bits per heavy atom. The molecular weight excluding hydrogens is 240 g/mol. The molecule has 0 aliphatic heterocycles. The summed E-state index contributed by atoms with van der Waals surface area (Å²) in [5, 5.41) is 3.08. The third-order valence-electron chi connectivity index (χ3n) is 3.27. The highest BCUT2D eigenvalue weighted by Crippen LogP contribution is 2.32. The van der Waals surface area contributed by atoms with Gasteiger partial charge < -0.3 is 14.6 Å². The van der Waals surface area contributed by atoms with E-state index in [0.717, 1.165) is 29.8 Å². The first-order valence-electron chi connectivity index (χ1n) is 6.59. The van der Waals surface area contributed by atoms with Crippen molar-refractivity contribution in [2.75, 3.05) is 17.3 Å². The highest BCUT2D eigenvalue weighted by molar-refractivity contribution is 5.50. The maximum atomic E-state index is 5.45. The third kappa shape index (κ3) is 2.70. The standard InChI is InChI=1S/C14H18N4O/c1-10-16-13(15-2)8-14(17-10)18(11-5-6-11)9-12-4-3-7-19-12/h3-4,7-8,11H,5-6,9H2,1-2H3,(H,15,16,17). The van der Waals surface area contributed by atoms with Gasteiger partial charge in [0.25, 0.3) is 0 Å². The molecule has 100 valence electrons. The van der Waals surface area contributed by atoms with Gasteiger partial charge in [0.1, 0.15) is 23.2 Å². The van der Waals surface area contributed by atoms with Gasteiger partial charge >= 0.3 is 0 Å². The molecule has 5 nitrogen and oxygen atoms in total. The molecule has 0 saturated heterocycles. The molecule has 1 fully saturated rings. The number of nitrogens with one attached hydrogen (secondary N) is 1. The fourth-order valence-electron chi connectivity index (χ4n) is 2.18. The van der Waals surface area contributed by atoms with Crippen LogP contribution in [-0.2, 0) is 6.54 Å². The van der Waals surface area contributed by atoms with E-state index in [1.54, 1.807) is 6.26 Å². The first-order chi connectivity index (χ1) is 9.26. The van der Waals surface area contributed by atoms with Crippen molar-refractivity contribution >= 4 is 11.6 Å². The van der Waals surface area contributed by atoms with Crippen LogP contribution in [0.1, 0.15) is 24.4 Å². The lowest BCUT2D eigenvalue weighted by molar-refractivity contribution is 0.500. The lowest BCUT2D eigenvalue weighted by Gasteiger charge is -2.23. The Labute approximate surface area is 112 Å². The topological polar surface area (TPSA) is 54.2 Å². The molecule has 0 unspecified atom stereocenters. The molecule has 2 aromatic heterocycles. The van der Waals surface area contributed by atoms with E-state index in [2.05, 4.69) is 20.2 Å². The first kappa shape index (κ1) is 12.0. The van der Waals surface area contributed by atoms with E-state index < -0.39 is 0 Å². The number of aromatic nitrogens is 2. The molecule has 19 heavy (non-hydrogen) atoms. The fourth-order valence-corrected chi connectivity index (χ4v) is 2.18. The SMILES string of the molecule is CNc1cc(N(Cc2ccco2)C2CC2)nc(C)n1. The number of anilines is 2.